The molecule has 102 heavy (non-hydrogen) atoms. The highest BCUT2D eigenvalue weighted by Gasteiger charge is 2.34. The molecule has 3 aliphatic carbocycles. The summed E-state index contributed by atoms with van der Waals surface area (Å²) in [5, 5.41) is 22.5. The molecule has 0 unspecified atom stereocenters. The number of amides is 4. The Morgan fingerprint density at radius 1 is 0.471 bits per heavy atom. The first-order valence-corrected chi connectivity index (χ1v) is 35.9. The molecule has 4 atom stereocenters. The van der Waals surface area contributed by atoms with E-state index in [0.717, 1.165) is 116 Å². The van der Waals surface area contributed by atoms with Crippen molar-refractivity contribution in [2.75, 3.05) is 19.7 Å². The maximum atomic E-state index is 14.6. The summed E-state index contributed by atoms with van der Waals surface area (Å²) in [6.45, 7) is 1.77. The number of ether oxygens (including phenoxy) is 1. The van der Waals surface area contributed by atoms with Gasteiger partial charge in [-0.25, -0.2) is 14.8 Å². The van der Waals surface area contributed by atoms with E-state index in [1.807, 2.05) is 128 Å². The number of imidazole rings is 2. The number of thiophene rings is 2. The summed E-state index contributed by atoms with van der Waals surface area (Å²) in [6, 6.07) is 67.2. The minimum absolute atomic E-state index is 0. The predicted octanol–water partition coefficient (Wildman–Crippen LogP) is 17.7. The van der Waals surface area contributed by atoms with E-state index in [0.29, 0.717) is 37.3 Å². The molecule has 16 rings (SSSR count). The fraction of sp³-hybridized carbons (Fsp3) is 0.233. The predicted molar refractivity (Wildman–Crippen MR) is 416 cm³/mol. The number of piperidine rings is 1. The highest BCUT2D eigenvalue weighted by Crippen LogP contribution is 2.45. The van der Waals surface area contributed by atoms with E-state index in [2.05, 4.69) is 150 Å². The van der Waals surface area contributed by atoms with Gasteiger partial charge in [0.1, 0.15) is 30.3 Å². The van der Waals surface area contributed by atoms with Crippen LogP contribution >= 0.6 is 22.7 Å². The first kappa shape index (κ1) is 71.1. The van der Waals surface area contributed by atoms with Gasteiger partial charge in [-0.15, -0.1) is 22.7 Å². The molecule has 0 saturated carbocycles. The zero-order valence-corrected chi connectivity index (χ0v) is 56.2. The van der Waals surface area contributed by atoms with Crippen LogP contribution in [0.4, 0.5) is 4.79 Å². The van der Waals surface area contributed by atoms with Gasteiger partial charge in [-0.2, -0.15) is 0 Å². The van der Waals surface area contributed by atoms with Gasteiger partial charge in [0, 0.05) is 46.9 Å². The third kappa shape index (κ3) is 15.7. The van der Waals surface area contributed by atoms with E-state index in [-0.39, 0.29) is 58.4 Å². The molecule has 0 spiro atoms. The molecule has 4 amide bonds. The average molecular weight is 1390 g/mol. The number of allylic oxidation sites excluding steroid dienone is 2. The maximum absolute atomic E-state index is 14.6. The van der Waals surface area contributed by atoms with Gasteiger partial charge in [0.15, 0.2) is 0 Å². The lowest BCUT2D eigenvalue weighted by molar-refractivity contribution is -0.132. The van der Waals surface area contributed by atoms with Crippen molar-refractivity contribution in [2.45, 2.75) is 104 Å². The van der Waals surface area contributed by atoms with Gasteiger partial charge in [-0.1, -0.05) is 229 Å². The molecular formula is C86H87N9O5S2. The van der Waals surface area contributed by atoms with Crippen LogP contribution in [0.3, 0.4) is 0 Å². The van der Waals surface area contributed by atoms with Crippen LogP contribution < -0.4 is 26.6 Å². The van der Waals surface area contributed by atoms with Crippen molar-refractivity contribution in [3.05, 3.63) is 298 Å². The van der Waals surface area contributed by atoms with Gasteiger partial charge < -0.3 is 41.3 Å². The van der Waals surface area contributed by atoms with Crippen LogP contribution in [0.15, 0.2) is 242 Å². The van der Waals surface area contributed by atoms with E-state index in [4.69, 9.17) is 14.7 Å². The number of aromatic amines is 2. The standard InChI is InChI=1S/C46H38N4O3S.C37H37N5O2S.3CH4/c51-45(49-40(24-31-23-22-29-12-4-5-15-33(29)31)44-47-26-42(48-44)30-13-2-1-3-14-30)41(25-32-28-54-43-21-11-10-16-34(32)43)50-46(52)53-27-39-37-19-8-6-17-35(37)36-18-7-9-20-38(36)39;43-36(26-16-18-38-19-17-26)42-32(21-28-23-45-34-13-7-6-12-30(28)34)37(44)41-31(20-27-15-14-24-8-4-5-11-29(24)27)35-39-22-33(40-35)25-9-2-1-3-10-25;;;/h1-21,23,26,28,39-41H,22,24-25,27H2,(H,47,48)(H,49,51)(H,50,52);1-13,15,22-23,26,31-32,38H,14,16-21H2,(H,39,40)(H,41,44)(H,42,43);3*1H4/t40-,41-;31-,32-;;;/m11.../s1. The Hall–Kier alpha value is -10.8. The SMILES string of the molecule is C.C.C.O=C(N[C@H](Cc1csc2ccccc12)C(=O)N[C@H](CC1=CCc2ccccc21)c1ncc(-c2ccccc2)[nH]1)C1CCNCC1.O=C(N[C@H](Cc1csc2ccccc12)C(=O)N[C@H](CC1=CCc2ccccc21)c1ncc(-c2ccccc2)[nH]1)OCC1c2ccccc2-c2ccccc21. The van der Waals surface area contributed by atoms with Crippen LogP contribution in [-0.2, 0) is 44.8 Å². The molecule has 0 bridgehead atoms. The van der Waals surface area contributed by atoms with Crippen LogP contribution in [0, 0.1) is 5.92 Å². The first-order valence-electron chi connectivity index (χ1n) is 34.1. The van der Waals surface area contributed by atoms with E-state index in [1.165, 1.54) is 32.5 Å². The molecule has 7 N–H and O–H groups in total. The maximum Gasteiger partial charge on any atom is 0.407 e. The number of carbonyl (C=O) groups is 4. The molecule has 518 valence electrons. The highest BCUT2D eigenvalue weighted by atomic mass is 32.1. The molecular weight excluding hydrogens is 1300 g/mol. The second-order valence-electron chi connectivity index (χ2n) is 25.8. The Labute approximate surface area is 605 Å². The number of benzene rings is 8. The highest BCUT2D eigenvalue weighted by molar-refractivity contribution is 7.17. The van der Waals surface area contributed by atoms with Gasteiger partial charge >= 0.3 is 6.09 Å². The summed E-state index contributed by atoms with van der Waals surface area (Å²) in [7, 11) is 0. The zero-order chi connectivity index (χ0) is 67.0. The summed E-state index contributed by atoms with van der Waals surface area (Å²) in [6.07, 6.45) is 12.6. The molecule has 1 fully saturated rings. The van der Waals surface area contributed by atoms with Crippen LogP contribution in [-0.4, -0.2) is 75.5 Å². The smallest absolute Gasteiger partial charge is 0.407 e. The number of rotatable bonds is 21. The minimum atomic E-state index is -0.908. The molecule has 16 heteroatoms. The molecule has 8 aromatic carbocycles. The number of nitrogens with one attached hydrogen (secondary N) is 7. The Morgan fingerprint density at radius 2 is 0.892 bits per heavy atom. The number of hydrogen-bond donors (Lipinski definition) is 7. The monoisotopic (exact) mass is 1390 g/mol. The Morgan fingerprint density at radius 3 is 1.38 bits per heavy atom. The van der Waals surface area contributed by atoms with Crippen LogP contribution in [0.2, 0.25) is 0 Å². The van der Waals surface area contributed by atoms with Gasteiger partial charge in [-0.05, 0) is 150 Å². The molecule has 1 saturated heterocycles. The van der Waals surface area contributed by atoms with Crippen molar-refractivity contribution in [2.24, 2.45) is 5.92 Å². The van der Waals surface area contributed by atoms with Crippen molar-refractivity contribution >= 4 is 77.8 Å². The van der Waals surface area contributed by atoms with Crippen LogP contribution in [0.25, 0.3) is 65.0 Å². The molecule has 12 aromatic rings. The number of alkyl carbamates (subject to hydrolysis) is 1. The summed E-state index contributed by atoms with van der Waals surface area (Å²) < 4.78 is 8.26. The largest absolute Gasteiger partial charge is 0.449 e. The van der Waals surface area contributed by atoms with Crippen molar-refractivity contribution in [3.63, 3.8) is 0 Å². The topological polar surface area (TPSA) is 195 Å². The van der Waals surface area contributed by atoms with Gasteiger partial charge in [0.25, 0.3) is 0 Å². The summed E-state index contributed by atoms with van der Waals surface area (Å²) in [5.74, 6) is 0.571. The van der Waals surface area contributed by atoms with E-state index in [9.17, 15) is 19.2 Å². The van der Waals surface area contributed by atoms with Gasteiger partial charge in [0.2, 0.25) is 17.7 Å². The van der Waals surface area contributed by atoms with E-state index >= 15 is 0 Å². The van der Waals surface area contributed by atoms with Crippen LogP contribution in [0.5, 0.6) is 0 Å². The Balaban J connectivity index is 0.000000190. The molecule has 4 aromatic heterocycles. The third-order valence-corrected chi connectivity index (χ3v) is 21.7. The summed E-state index contributed by atoms with van der Waals surface area (Å²) in [5.41, 5.74) is 17.7. The molecule has 4 aliphatic rings. The summed E-state index contributed by atoms with van der Waals surface area (Å²) in [4.78, 5) is 72.6. The second kappa shape index (κ2) is 32.7. The zero-order valence-electron chi connectivity index (χ0n) is 54.6. The molecule has 1 aliphatic heterocycles. The number of nitrogens with zero attached hydrogens (tertiary/aromatic N) is 2. The van der Waals surface area contributed by atoms with Crippen molar-refractivity contribution in [3.8, 4) is 33.6 Å². The van der Waals surface area contributed by atoms with Crippen molar-refractivity contribution in [1.82, 2.24) is 46.5 Å². The number of aromatic nitrogens is 4. The van der Waals surface area contributed by atoms with Crippen molar-refractivity contribution in [1.29, 1.82) is 0 Å². The van der Waals surface area contributed by atoms with Crippen LogP contribution in [0.1, 0.15) is 122 Å². The van der Waals surface area contributed by atoms with Gasteiger partial charge in [0.05, 0.1) is 35.9 Å². The molecule has 14 nitrogen and oxygen atoms in total. The van der Waals surface area contributed by atoms with E-state index in [1.54, 1.807) is 22.7 Å². The molecule has 5 heterocycles. The number of H-pyrrole nitrogens is 2. The Kier molecular flexibility index (Phi) is 22.8. The second-order valence-corrected chi connectivity index (χ2v) is 27.7. The lowest BCUT2D eigenvalue weighted by atomic mass is 9.95. The lowest BCUT2D eigenvalue weighted by Crippen LogP contribution is -2.51. The number of carbonyl (C=O) groups excluding carboxylic acids is 4. The quantitative estimate of drug-likeness (QED) is 0.0369. The number of hydrogen-bond acceptors (Lipinski definition) is 10. The molecule has 0 radical (unpaired) electrons. The minimum Gasteiger partial charge on any atom is -0.449 e. The summed E-state index contributed by atoms with van der Waals surface area (Å²) >= 11 is 3.29. The lowest BCUT2D eigenvalue weighted by Gasteiger charge is -2.27. The fourth-order valence-corrected chi connectivity index (χ4v) is 16.4. The van der Waals surface area contributed by atoms with Crippen molar-refractivity contribution < 1.29 is 23.9 Å². The Bertz CT molecular complexity index is 4920. The fourth-order valence-electron chi connectivity index (χ4n) is 14.5. The van der Waals surface area contributed by atoms with Gasteiger partial charge in [-0.3, -0.25) is 14.4 Å². The third-order valence-electron chi connectivity index (χ3n) is 19.6. The average Bonchev–Trinajstić information content (AvgIpc) is 1.61. The first-order chi connectivity index (χ1) is 48.7. The normalized spacial score (nSPS) is 14.6. The van der Waals surface area contributed by atoms with E-state index < -0.39 is 30.3 Å². The number of fused-ring (bicyclic) bond motifs is 7.